The highest BCUT2D eigenvalue weighted by molar-refractivity contribution is 7.47. The molecule has 0 heterocycles. The molecular weight excluding hydrogens is 766 g/mol. The highest BCUT2D eigenvalue weighted by Crippen LogP contribution is 2.43. The van der Waals surface area contributed by atoms with Gasteiger partial charge in [0.2, 0.25) is 0 Å². The number of esters is 2. The van der Waals surface area contributed by atoms with Crippen LogP contribution in [0.4, 0.5) is 0 Å². The Morgan fingerprint density at radius 2 is 1.25 bits per heavy atom. The van der Waals surface area contributed by atoms with Crippen LogP contribution in [0.5, 0.6) is 0 Å². The summed E-state index contributed by atoms with van der Waals surface area (Å²) in [6.07, 6.45) is 28.8. The maximum Gasteiger partial charge on any atom is 0.472 e. The van der Waals surface area contributed by atoms with Crippen molar-refractivity contribution in [1.29, 1.82) is 0 Å². The molecule has 0 radical (unpaired) electrons. The van der Waals surface area contributed by atoms with E-state index in [4.69, 9.17) is 23.8 Å². The second-order valence-corrected chi connectivity index (χ2v) is 16.9. The maximum atomic E-state index is 12.6. The van der Waals surface area contributed by atoms with E-state index in [2.05, 4.69) is 42.0 Å². The van der Waals surface area contributed by atoms with Crippen molar-refractivity contribution in [2.24, 2.45) is 5.92 Å². The van der Waals surface area contributed by atoms with E-state index in [0.29, 0.717) is 25.7 Å². The lowest BCUT2D eigenvalue weighted by Crippen LogP contribution is -2.30. The van der Waals surface area contributed by atoms with Crippen LogP contribution in [0.3, 0.4) is 0 Å². The fraction of sp³-hybridized carbons (Fsp3) is 0.750. The van der Waals surface area contributed by atoms with Crippen molar-refractivity contribution in [1.82, 2.24) is 0 Å². The van der Waals surface area contributed by atoms with Gasteiger partial charge in [-0.3, -0.25) is 23.2 Å². The van der Waals surface area contributed by atoms with Crippen LogP contribution in [0, 0.1) is 5.92 Å². The number of carbonyl (C=O) groups excluding carboxylic acids is 2. The Hall–Kier alpha value is -1.96. The predicted molar refractivity (Wildman–Crippen MR) is 217 cm³/mol. The fourth-order valence-corrected chi connectivity index (χ4v) is 6.23. The van der Waals surface area contributed by atoms with Gasteiger partial charge in [0, 0.05) is 12.8 Å². The lowest BCUT2D eigenvalue weighted by molar-refractivity contribution is -0.161. The van der Waals surface area contributed by atoms with Gasteiger partial charge in [0.05, 0.1) is 25.9 Å². The number of carbonyl (C=O) groups is 2. The Morgan fingerprint density at radius 1 is 0.643 bits per heavy atom. The molecule has 0 fully saturated rings. The minimum Gasteiger partial charge on any atom is -0.462 e. The number of ether oxygens (including phenoxy) is 2. The van der Waals surface area contributed by atoms with Crippen molar-refractivity contribution in [2.45, 2.75) is 161 Å². The quantitative estimate of drug-likeness (QED) is 0.0130. The Morgan fingerprint density at radius 3 is 1.93 bits per heavy atom. The van der Waals surface area contributed by atoms with E-state index in [0.717, 1.165) is 44.4 Å². The number of phosphoric acid groups is 2. The second-order valence-electron chi connectivity index (χ2n) is 14.2. The fourth-order valence-electron chi connectivity index (χ4n) is 5.07. The summed E-state index contributed by atoms with van der Waals surface area (Å²) in [6.45, 7) is 3.79. The molecule has 0 aliphatic rings. The van der Waals surface area contributed by atoms with Crippen molar-refractivity contribution in [3.05, 3.63) is 48.6 Å². The SMILES string of the molecule is CCCCC/C=C\C/C=C\CC(O)/C=C\C=C\CCCC(=O)OC[C@H](COP(=O)(O)OC[C@@H](O)COP(=O)(O)O)OC(=O)CCCCCCCCCCC(C)C. The van der Waals surface area contributed by atoms with E-state index in [9.17, 15) is 33.8 Å². The highest BCUT2D eigenvalue weighted by Gasteiger charge is 2.28. The van der Waals surface area contributed by atoms with Crippen molar-refractivity contribution < 1.29 is 66.7 Å². The summed E-state index contributed by atoms with van der Waals surface area (Å²) in [5.41, 5.74) is 0. The molecule has 2 unspecified atom stereocenters. The van der Waals surface area contributed by atoms with Gasteiger partial charge in [-0.05, 0) is 50.9 Å². The number of phosphoric ester groups is 2. The first-order valence-corrected chi connectivity index (χ1v) is 23.3. The summed E-state index contributed by atoms with van der Waals surface area (Å²) in [6, 6.07) is 0. The molecule has 0 aliphatic carbocycles. The van der Waals surface area contributed by atoms with Crippen LogP contribution in [-0.2, 0) is 41.8 Å². The molecule has 56 heavy (non-hydrogen) atoms. The first-order chi connectivity index (χ1) is 26.6. The molecule has 0 bridgehead atoms. The average Bonchev–Trinajstić information content (AvgIpc) is 3.13. The van der Waals surface area contributed by atoms with Gasteiger partial charge in [-0.1, -0.05) is 134 Å². The number of rotatable bonds is 37. The van der Waals surface area contributed by atoms with E-state index in [1.807, 2.05) is 18.2 Å². The Balaban J connectivity index is 4.72. The van der Waals surface area contributed by atoms with Gasteiger partial charge in [-0.25, -0.2) is 9.13 Å². The molecule has 0 aromatic heterocycles. The van der Waals surface area contributed by atoms with Crippen molar-refractivity contribution in [3.8, 4) is 0 Å². The summed E-state index contributed by atoms with van der Waals surface area (Å²) >= 11 is 0. The zero-order valence-corrected chi connectivity index (χ0v) is 35.8. The van der Waals surface area contributed by atoms with Crippen LogP contribution >= 0.6 is 15.6 Å². The van der Waals surface area contributed by atoms with Crippen LogP contribution in [0.2, 0.25) is 0 Å². The minimum absolute atomic E-state index is 0.0595. The molecule has 0 amide bonds. The van der Waals surface area contributed by atoms with Gasteiger partial charge in [0.15, 0.2) is 6.10 Å². The van der Waals surface area contributed by atoms with E-state index in [1.54, 1.807) is 18.2 Å². The predicted octanol–water partition coefficient (Wildman–Crippen LogP) is 8.72. The number of aliphatic hydroxyl groups is 2. The molecule has 0 saturated carbocycles. The molecule has 0 aliphatic heterocycles. The molecule has 14 nitrogen and oxygen atoms in total. The first kappa shape index (κ1) is 54.0. The van der Waals surface area contributed by atoms with Crippen LogP contribution < -0.4 is 0 Å². The van der Waals surface area contributed by atoms with Crippen molar-refractivity contribution in [2.75, 3.05) is 26.4 Å². The zero-order chi connectivity index (χ0) is 41.9. The number of hydrogen-bond acceptors (Lipinski definition) is 11. The molecule has 5 N–H and O–H groups in total. The molecule has 4 atom stereocenters. The highest BCUT2D eigenvalue weighted by atomic mass is 31.2. The smallest absolute Gasteiger partial charge is 0.462 e. The third kappa shape index (κ3) is 38.9. The Kier molecular flexibility index (Phi) is 33.8. The van der Waals surface area contributed by atoms with Crippen LogP contribution in [0.25, 0.3) is 0 Å². The summed E-state index contributed by atoms with van der Waals surface area (Å²) in [7, 11) is -9.71. The molecule has 0 aromatic rings. The van der Waals surface area contributed by atoms with Gasteiger partial charge < -0.3 is 34.4 Å². The number of unbranched alkanes of at least 4 members (excludes halogenated alkanes) is 11. The lowest BCUT2D eigenvalue weighted by atomic mass is 10.0. The van der Waals surface area contributed by atoms with Crippen LogP contribution in [0.1, 0.15) is 143 Å². The monoisotopic (exact) mass is 838 g/mol. The van der Waals surface area contributed by atoms with E-state index < -0.39 is 72.3 Å². The molecule has 0 rings (SSSR count). The second kappa shape index (κ2) is 35.0. The largest absolute Gasteiger partial charge is 0.472 e. The number of hydrogen-bond donors (Lipinski definition) is 5. The summed E-state index contributed by atoms with van der Waals surface area (Å²) in [5, 5.41) is 19.8. The van der Waals surface area contributed by atoms with Crippen molar-refractivity contribution in [3.63, 3.8) is 0 Å². The third-order valence-corrected chi connectivity index (χ3v) is 9.66. The van der Waals surface area contributed by atoms with Gasteiger partial charge in [-0.15, -0.1) is 0 Å². The third-order valence-electron chi connectivity index (χ3n) is 8.22. The summed E-state index contributed by atoms with van der Waals surface area (Å²) < 4.78 is 47.5. The summed E-state index contributed by atoms with van der Waals surface area (Å²) in [4.78, 5) is 52.5. The summed E-state index contributed by atoms with van der Waals surface area (Å²) in [5.74, 6) is -0.441. The Labute approximate surface area is 335 Å². The minimum atomic E-state index is -4.87. The average molecular weight is 839 g/mol. The molecule has 326 valence electrons. The van der Waals surface area contributed by atoms with Crippen LogP contribution in [-0.4, -0.2) is 81.6 Å². The molecule has 0 spiro atoms. The number of allylic oxidation sites excluding steroid dienone is 6. The van der Waals surface area contributed by atoms with Gasteiger partial charge in [-0.2, -0.15) is 0 Å². The van der Waals surface area contributed by atoms with E-state index >= 15 is 0 Å². The first-order valence-electron chi connectivity index (χ1n) is 20.3. The zero-order valence-electron chi connectivity index (χ0n) is 34.0. The maximum absolute atomic E-state index is 12.6. The van der Waals surface area contributed by atoms with Gasteiger partial charge in [0.1, 0.15) is 12.7 Å². The molecule has 0 saturated heterocycles. The van der Waals surface area contributed by atoms with Crippen molar-refractivity contribution >= 4 is 27.6 Å². The van der Waals surface area contributed by atoms with Crippen LogP contribution in [0.15, 0.2) is 48.6 Å². The molecule has 16 heteroatoms. The van der Waals surface area contributed by atoms with E-state index in [1.165, 1.54) is 44.9 Å². The molecule has 0 aromatic carbocycles. The van der Waals surface area contributed by atoms with Gasteiger partial charge >= 0.3 is 27.6 Å². The molecular formula is C40H72O14P2. The normalized spacial score (nSPS) is 15.3. The van der Waals surface area contributed by atoms with Gasteiger partial charge in [0.25, 0.3) is 0 Å². The topological polar surface area (TPSA) is 216 Å². The lowest BCUT2D eigenvalue weighted by Gasteiger charge is -2.20. The standard InChI is InChI=1S/C40H72O14P2/c1-4-5-6-7-8-9-13-17-22-27-36(41)28-23-18-15-20-24-29-39(43)50-33-38(34-53-56(48,49)52-32-37(42)31-51-55(45,46)47)54-40(44)30-25-19-14-11-10-12-16-21-26-35(2)3/h8-9,15,17-18,22-23,28,35-38,41-42H,4-7,10-14,16,19-21,24-27,29-34H2,1-3H3,(H,48,49)(H2,45,46,47)/b9-8-,18-15+,22-17-,28-23-/t36?,37-,38+/m0/s1. The van der Waals surface area contributed by atoms with E-state index in [-0.39, 0.29) is 12.8 Å². The number of aliphatic hydroxyl groups excluding tert-OH is 2. The Bertz CT molecular complexity index is 1210.